The Balaban J connectivity index is 1.75. The Morgan fingerprint density at radius 1 is 1.07 bits per heavy atom. The molecule has 29 heavy (non-hydrogen) atoms. The average molecular weight is 474 g/mol. The van der Waals surface area contributed by atoms with Gasteiger partial charge in [0.2, 0.25) is 0 Å². The quantitative estimate of drug-likeness (QED) is 0.323. The third kappa shape index (κ3) is 5.62. The molecule has 0 unspecified atom stereocenters. The summed E-state index contributed by atoms with van der Waals surface area (Å²) in [5.41, 5.74) is 2.16. The third-order valence-electron chi connectivity index (χ3n) is 4.16. The first-order valence-electron chi connectivity index (χ1n) is 8.72. The number of aromatic hydroxyl groups is 1. The Labute approximate surface area is 182 Å². The Morgan fingerprint density at radius 3 is 2.48 bits per heavy atom. The Morgan fingerprint density at radius 2 is 1.79 bits per heavy atom. The van der Waals surface area contributed by atoms with E-state index in [1.165, 1.54) is 18.2 Å². The smallest absolute Gasteiger partial charge is 0.185 e. The molecule has 3 aromatic carbocycles. The van der Waals surface area contributed by atoms with E-state index in [-0.39, 0.29) is 18.1 Å². The number of methoxy groups -OCH3 is 1. The van der Waals surface area contributed by atoms with Crippen molar-refractivity contribution in [2.24, 2.45) is 0 Å². The highest BCUT2D eigenvalue weighted by Crippen LogP contribution is 2.30. The lowest BCUT2D eigenvalue weighted by Crippen LogP contribution is -2.00. The van der Waals surface area contributed by atoms with E-state index < -0.39 is 0 Å². The van der Waals surface area contributed by atoms with Gasteiger partial charge in [-0.2, -0.15) is 0 Å². The minimum Gasteiger partial charge on any atom is -0.508 e. The largest absolute Gasteiger partial charge is 0.508 e. The summed E-state index contributed by atoms with van der Waals surface area (Å²) in [5, 5.41) is 9.83. The van der Waals surface area contributed by atoms with E-state index in [1.54, 1.807) is 37.5 Å². The maximum atomic E-state index is 12.3. The summed E-state index contributed by atoms with van der Waals surface area (Å²) < 4.78 is 12.1. The number of halogens is 2. The van der Waals surface area contributed by atoms with Gasteiger partial charge in [-0.1, -0.05) is 39.7 Å². The molecular weight excluding hydrogens is 456 g/mol. The van der Waals surface area contributed by atoms with Crippen LogP contribution < -0.4 is 9.47 Å². The molecule has 3 rings (SSSR count). The second-order valence-electron chi connectivity index (χ2n) is 6.18. The summed E-state index contributed by atoms with van der Waals surface area (Å²) in [6, 6.07) is 17.1. The van der Waals surface area contributed by atoms with Gasteiger partial charge in [0.1, 0.15) is 23.9 Å². The second kappa shape index (κ2) is 9.63. The highest BCUT2D eigenvalue weighted by atomic mass is 79.9. The zero-order valence-electron chi connectivity index (χ0n) is 15.6. The van der Waals surface area contributed by atoms with Crippen molar-refractivity contribution in [1.29, 1.82) is 0 Å². The minimum atomic E-state index is -0.153. The van der Waals surface area contributed by atoms with E-state index >= 15 is 0 Å². The van der Waals surface area contributed by atoms with Crippen LogP contribution in [0.4, 0.5) is 0 Å². The molecule has 1 N–H and O–H groups in total. The van der Waals surface area contributed by atoms with Gasteiger partial charge < -0.3 is 14.6 Å². The van der Waals surface area contributed by atoms with Crippen LogP contribution in [-0.2, 0) is 6.61 Å². The van der Waals surface area contributed by atoms with Gasteiger partial charge in [-0.15, -0.1) is 0 Å². The lowest BCUT2D eigenvalue weighted by molar-refractivity contribution is 0.104. The van der Waals surface area contributed by atoms with E-state index in [1.807, 2.05) is 24.3 Å². The van der Waals surface area contributed by atoms with E-state index in [0.717, 1.165) is 15.6 Å². The number of allylic oxidation sites excluding steroid dienone is 1. The SMILES string of the molecule is COc1ccc(/C=C/C(=O)c2ccc(O)cc2)cc1COc1ccc(Br)cc1Cl. The van der Waals surface area contributed by atoms with Crippen LogP contribution in [0.2, 0.25) is 5.02 Å². The lowest BCUT2D eigenvalue weighted by Gasteiger charge is -2.12. The third-order valence-corrected chi connectivity index (χ3v) is 4.95. The van der Waals surface area contributed by atoms with Crippen LogP contribution in [0.5, 0.6) is 17.2 Å². The lowest BCUT2D eigenvalue weighted by atomic mass is 10.1. The van der Waals surface area contributed by atoms with Crippen LogP contribution in [0.3, 0.4) is 0 Å². The van der Waals surface area contributed by atoms with Crippen LogP contribution >= 0.6 is 27.5 Å². The molecule has 0 spiro atoms. The summed E-state index contributed by atoms with van der Waals surface area (Å²) in [6.45, 7) is 0.262. The zero-order valence-corrected chi connectivity index (χ0v) is 17.9. The molecule has 0 heterocycles. The second-order valence-corrected chi connectivity index (χ2v) is 7.50. The molecule has 0 aromatic heterocycles. The normalized spacial score (nSPS) is 10.9. The van der Waals surface area contributed by atoms with Crippen molar-refractivity contribution in [3.8, 4) is 17.2 Å². The summed E-state index contributed by atoms with van der Waals surface area (Å²) >= 11 is 9.57. The number of hydrogen-bond donors (Lipinski definition) is 1. The maximum absolute atomic E-state index is 12.3. The number of phenols is 1. The number of carbonyl (C=O) groups is 1. The molecule has 0 bridgehead atoms. The molecule has 0 aliphatic carbocycles. The number of hydrogen-bond acceptors (Lipinski definition) is 4. The number of carbonyl (C=O) groups excluding carboxylic acids is 1. The highest BCUT2D eigenvalue weighted by molar-refractivity contribution is 9.10. The summed E-state index contributed by atoms with van der Waals surface area (Å²) in [7, 11) is 1.59. The number of phenolic OH excluding ortho intramolecular Hbond substituents is 1. The van der Waals surface area contributed by atoms with Crippen molar-refractivity contribution in [1.82, 2.24) is 0 Å². The molecule has 0 radical (unpaired) electrons. The van der Waals surface area contributed by atoms with E-state index in [9.17, 15) is 9.90 Å². The van der Waals surface area contributed by atoms with E-state index in [2.05, 4.69) is 15.9 Å². The first-order chi connectivity index (χ1) is 14.0. The van der Waals surface area contributed by atoms with Gasteiger partial charge in [0.05, 0.1) is 12.1 Å². The molecule has 0 amide bonds. The first-order valence-corrected chi connectivity index (χ1v) is 9.89. The molecule has 0 aliphatic rings. The Kier molecular flexibility index (Phi) is 6.96. The van der Waals surface area contributed by atoms with Crippen molar-refractivity contribution in [3.05, 3.63) is 92.9 Å². The maximum Gasteiger partial charge on any atom is 0.185 e. The Bertz CT molecular complexity index is 1050. The van der Waals surface area contributed by atoms with Crippen LogP contribution in [0.25, 0.3) is 6.08 Å². The molecule has 4 nitrogen and oxygen atoms in total. The minimum absolute atomic E-state index is 0.121. The first kappa shape index (κ1) is 21.0. The highest BCUT2D eigenvalue weighted by Gasteiger charge is 2.08. The molecule has 0 saturated carbocycles. The molecule has 6 heteroatoms. The predicted molar refractivity (Wildman–Crippen MR) is 118 cm³/mol. The number of ether oxygens (including phenoxy) is 2. The monoisotopic (exact) mass is 472 g/mol. The number of rotatable bonds is 7. The molecule has 0 saturated heterocycles. The fraction of sp³-hybridized carbons (Fsp3) is 0.0870. The molecular formula is C23H18BrClO4. The van der Waals surface area contributed by atoms with Crippen LogP contribution in [0, 0.1) is 0 Å². The number of ketones is 1. The van der Waals surface area contributed by atoms with Crippen molar-refractivity contribution in [2.45, 2.75) is 6.61 Å². The molecule has 148 valence electrons. The standard InChI is InChI=1S/C23H18BrClO4/c1-28-22-10-3-15(2-9-21(27)16-4-7-19(26)8-5-16)12-17(22)14-29-23-11-6-18(24)13-20(23)25/h2-13,26H,14H2,1H3/b9-2+. The van der Waals surface area contributed by atoms with Gasteiger partial charge in [-0.3, -0.25) is 4.79 Å². The van der Waals surface area contributed by atoms with Gasteiger partial charge in [0.15, 0.2) is 5.78 Å². The summed E-state index contributed by atoms with van der Waals surface area (Å²) in [5.74, 6) is 1.22. The molecule has 3 aromatic rings. The average Bonchev–Trinajstić information content (AvgIpc) is 2.72. The van der Waals surface area contributed by atoms with Crippen LogP contribution in [0.15, 0.2) is 71.2 Å². The van der Waals surface area contributed by atoms with Crippen molar-refractivity contribution < 1.29 is 19.4 Å². The van der Waals surface area contributed by atoms with Crippen LogP contribution in [-0.4, -0.2) is 18.0 Å². The fourth-order valence-electron chi connectivity index (χ4n) is 2.66. The predicted octanol–water partition coefficient (Wildman–Crippen LogP) is 6.29. The van der Waals surface area contributed by atoms with Crippen molar-refractivity contribution >= 4 is 39.4 Å². The summed E-state index contributed by atoms with van der Waals surface area (Å²) in [6.07, 6.45) is 3.22. The van der Waals surface area contributed by atoms with E-state index in [0.29, 0.717) is 22.1 Å². The fourth-order valence-corrected chi connectivity index (χ4v) is 3.38. The van der Waals surface area contributed by atoms with Gasteiger partial charge >= 0.3 is 0 Å². The van der Waals surface area contributed by atoms with Gasteiger partial charge in [0, 0.05) is 15.6 Å². The summed E-state index contributed by atoms with van der Waals surface area (Å²) in [4.78, 5) is 12.3. The van der Waals surface area contributed by atoms with Gasteiger partial charge in [0.25, 0.3) is 0 Å². The zero-order chi connectivity index (χ0) is 20.8. The van der Waals surface area contributed by atoms with Gasteiger partial charge in [-0.05, 0) is 66.2 Å². The molecule has 0 fully saturated rings. The van der Waals surface area contributed by atoms with Gasteiger partial charge in [-0.25, -0.2) is 0 Å². The van der Waals surface area contributed by atoms with Crippen molar-refractivity contribution in [3.63, 3.8) is 0 Å². The molecule has 0 aliphatic heterocycles. The molecule has 0 atom stereocenters. The Hall–Kier alpha value is -2.76. The van der Waals surface area contributed by atoms with Crippen molar-refractivity contribution in [2.75, 3.05) is 7.11 Å². The van der Waals surface area contributed by atoms with E-state index in [4.69, 9.17) is 21.1 Å². The topological polar surface area (TPSA) is 55.8 Å². The number of benzene rings is 3. The van der Waals surface area contributed by atoms with Crippen LogP contribution in [0.1, 0.15) is 21.5 Å².